The molecule has 80 valence electrons. The summed E-state index contributed by atoms with van der Waals surface area (Å²) in [6.45, 7) is 3.01. The van der Waals surface area contributed by atoms with Crippen molar-refractivity contribution in [1.29, 1.82) is 0 Å². The maximum Gasteiger partial charge on any atom is 0.107 e. The van der Waals surface area contributed by atoms with Crippen molar-refractivity contribution in [2.75, 3.05) is 6.54 Å². The summed E-state index contributed by atoms with van der Waals surface area (Å²) in [6, 6.07) is 2.22. The molecule has 0 bridgehead atoms. The van der Waals surface area contributed by atoms with E-state index in [0.717, 1.165) is 24.5 Å². The SMILES string of the molecule is CCNC(Cc1ncc[nH]1)c1ccn[nH]1. The van der Waals surface area contributed by atoms with Gasteiger partial charge in [0, 0.05) is 25.0 Å². The molecule has 0 spiro atoms. The van der Waals surface area contributed by atoms with E-state index in [0.29, 0.717) is 0 Å². The van der Waals surface area contributed by atoms with Crippen LogP contribution in [0.25, 0.3) is 0 Å². The largest absolute Gasteiger partial charge is 0.349 e. The zero-order valence-electron chi connectivity index (χ0n) is 8.70. The Bertz CT molecular complexity index is 364. The van der Waals surface area contributed by atoms with Crippen LogP contribution in [0.3, 0.4) is 0 Å². The van der Waals surface area contributed by atoms with E-state index < -0.39 is 0 Å². The van der Waals surface area contributed by atoms with Crippen LogP contribution in [-0.2, 0) is 6.42 Å². The molecule has 15 heavy (non-hydrogen) atoms. The fourth-order valence-electron chi connectivity index (χ4n) is 1.60. The lowest BCUT2D eigenvalue weighted by atomic mass is 10.1. The quantitative estimate of drug-likeness (QED) is 0.682. The zero-order valence-corrected chi connectivity index (χ0v) is 8.70. The number of likely N-dealkylation sites (N-methyl/N-ethyl adjacent to an activating group) is 1. The standard InChI is InChI=1S/C10H15N5/c1-2-11-9(8-3-4-14-15-8)7-10-12-5-6-13-10/h3-6,9,11H,2,7H2,1H3,(H,12,13)(H,14,15). The van der Waals surface area contributed by atoms with Crippen molar-refractivity contribution in [3.8, 4) is 0 Å². The summed E-state index contributed by atoms with van der Waals surface area (Å²) >= 11 is 0. The van der Waals surface area contributed by atoms with Gasteiger partial charge in [-0.3, -0.25) is 5.10 Å². The van der Waals surface area contributed by atoms with E-state index in [1.54, 1.807) is 12.4 Å². The Hall–Kier alpha value is -1.62. The number of nitrogens with zero attached hydrogens (tertiary/aromatic N) is 2. The second-order valence-corrected chi connectivity index (χ2v) is 3.36. The van der Waals surface area contributed by atoms with Gasteiger partial charge in [-0.25, -0.2) is 4.98 Å². The smallest absolute Gasteiger partial charge is 0.107 e. The van der Waals surface area contributed by atoms with Crippen LogP contribution in [0, 0.1) is 0 Å². The van der Waals surface area contributed by atoms with Gasteiger partial charge < -0.3 is 10.3 Å². The number of hydrogen-bond donors (Lipinski definition) is 3. The molecule has 0 aliphatic rings. The molecular weight excluding hydrogens is 190 g/mol. The van der Waals surface area contributed by atoms with Crippen LogP contribution in [0.2, 0.25) is 0 Å². The highest BCUT2D eigenvalue weighted by atomic mass is 15.1. The van der Waals surface area contributed by atoms with Crippen molar-refractivity contribution in [2.24, 2.45) is 0 Å². The van der Waals surface area contributed by atoms with E-state index in [4.69, 9.17) is 0 Å². The van der Waals surface area contributed by atoms with Crippen molar-refractivity contribution in [2.45, 2.75) is 19.4 Å². The lowest BCUT2D eigenvalue weighted by Crippen LogP contribution is -2.23. The van der Waals surface area contributed by atoms with E-state index in [2.05, 4.69) is 32.4 Å². The van der Waals surface area contributed by atoms with Crippen LogP contribution < -0.4 is 5.32 Å². The number of nitrogens with one attached hydrogen (secondary N) is 3. The second kappa shape index (κ2) is 4.75. The van der Waals surface area contributed by atoms with Crippen LogP contribution >= 0.6 is 0 Å². The van der Waals surface area contributed by atoms with Crippen LogP contribution in [0.15, 0.2) is 24.7 Å². The van der Waals surface area contributed by atoms with Crippen molar-refractivity contribution in [3.63, 3.8) is 0 Å². The van der Waals surface area contributed by atoms with Gasteiger partial charge in [0.15, 0.2) is 0 Å². The Kier molecular flexibility index (Phi) is 3.14. The predicted octanol–water partition coefficient (Wildman–Crippen LogP) is 1.03. The molecule has 2 heterocycles. The summed E-state index contributed by atoms with van der Waals surface area (Å²) in [5.41, 5.74) is 1.09. The summed E-state index contributed by atoms with van der Waals surface area (Å²) in [4.78, 5) is 7.32. The first-order valence-corrected chi connectivity index (χ1v) is 5.11. The first kappa shape index (κ1) is 9.92. The minimum atomic E-state index is 0.239. The van der Waals surface area contributed by atoms with E-state index in [1.807, 2.05) is 12.3 Å². The van der Waals surface area contributed by atoms with Gasteiger partial charge in [0.2, 0.25) is 0 Å². The zero-order chi connectivity index (χ0) is 10.5. The number of aromatic amines is 2. The summed E-state index contributed by atoms with van der Waals surface area (Å²) in [6.07, 6.45) is 6.21. The van der Waals surface area contributed by atoms with Gasteiger partial charge in [-0.1, -0.05) is 6.92 Å². The third-order valence-electron chi connectivity index (χ3n) is 2.30. The molecule has 1 atom stereocenters. The predicted molar refractivity (Wildman–Crippen MR) is 57.3 cm³/mol. The number of aromatic nitrogens is 4. The van der Waals surface area contributed by atoms with Crippen molar-refractivity contribution in [3.05, 3.63) is 36.2 Å². The minimum absolute atomic E-state index is 0.239. The summed E-state index contributed by atoms with van der Waals surface area (Å²) in [7, 11) is 0. The van der Waals surface area contributed by atoms with Crippen LogP contribution in [0.5, 0.6) is 0 Å². The summed E-state index contributed by atoms with van der Waals surface area (Å²) in [5, 5.41) is 10.3. The monoisotopic (exact) mass is 205 g/mol. The van der Waals surface area contributed by atoms with Crippen molar-refractivity contribution in [1.82, 2.24) is 25.5 Å². The van der Waals surface area contributed by atoms with Crippen LogP contribution in [0.1, 0.15) is 24.5 Å². The summed E-state index contributed by atoms with van der Waals surface area (Å²) in [5.74, 6) is 0.982. The molecule has 0 saturated carbocycles. The highest BCUT2D eigenvalue weighted by Gasteiger charge is 2.13. The van der Waals surface area contributed by atoms with Crippen molar-refractivity contribution >= 4 is 0 Å². The van der Waals surface area contributed by atoms with E-state index >= 15 is 0 Å². The second-order valence-electron chi connectivity index (χ2n) is 3.36. The molecular formula is C10H15N5. The fourth-order valence-corrected chi connectivity index (χ4v) is 1.60. The van der Waals surface area contributed by atoms with Crippen molar-refractivity contribution < 1.29 is 0 Å². The third kappa shape index (κ3) is 2.44. The molecule has 2 aromatic heterocycles. The minimum Gasteiger partial charge on any atom is -0.349 e. The molecule has 0 radical (unpaired) electrons. The topological polar surface area (TPSA) is 69.4 Å². The molecule has 2 aromatic rings. The third-order valence-corrected chi connectivity index (χ3v) is 2.30. The van der Waals surface area contributed by atoms with E-state index in [9.17, 15) is 0 Å². The molecule has 0 aliphatic carbocycles. The van der Waals surface area contributed by atoms with Crippen LogP contribution in [-0.4, -0.2) is 26.7 Å². The molecule has 5 heteroatoms. The van der Waals surface area contributed by atoms with Gasteiger partial charge in [0.1, 0.15) is 5.82 Å². The van der Waals surface area contributed by atoms with Gasteiger partial charge in [-0.05, 0) is 12.6 Å². The molecule has 0 aromatic carbocycles. The molecule has 5 nitrogen and oxygen atoms in total. The maximum atomic E-state index is 4.22. The van der Waals surface area contributed by atoms with E-state index in [1.165, 1.54) is 0 Å². The van der Waals surface area contributed by atoms with E-state index in [-0.39, 0.29) is 6.04 Å². The molecule has 1 unspecified atom stereocenters. The Balaban J connectivity index is 2.07. The average molecular weight is 205 g/mol. The summed E-state index contributed by atoms with van der Waals surface area (Å²) < 4.78 is 0. The Morgan fingerprint density at radius 3 is 3.00 bits per heavy atom. The molecule has 2 rings (SSSR count). The van der Waals surface area contributed by atoms with Gasteiger partial charge in [0.25, 0.3) is 0 Å². The molecule has 0 amide bonds. The molecule has 0 saturated heterocycles. The highest BCUT2D eigenvalue weighted by molar-refractivity contribution is 5.07. The fraction of sp³-hybridized carbons (Fsp3) is 0.400. The lowest BCUT2D eigenvalue weighted by molar-refractivity contribution is 0.525. The molecule has 0 aliphatic heterocycles. The number of H-pyrrole nitrogens is 2. The Labute approximate surface area is 88.3 Å². The molecule has 0 fully saturated rings. The molecule has 3 N–H and O–H groups in total. The van der Waals surface area contributed by atoms with Gasteiger partial charge >= 0.3 is 0 Å². The number of hydrogen-bond acceptors (Lipinski definition) is 3. The highest BCUT2D eigenvalue weighted by Crippen LogP contribution is 2.13. The lowest BCUT2D eigenvalue weighted by Gasteiger charge is -2.14. The average Bonchev–Trinajstić information content (AvgIpc) is 2.89. The Morgan fingerprint density at radius 1 is 1.47 bits per heavy atom. The number of rotatable bonds is 5. The normalized spacial score (nSPS) is 12.9. The first-order chi connectivity index (χ1) is 7.40. The number of imidazole rings is 1. The Morgan fingerprint density at radius 2 is 2.40 bits per heavy atom. The van der Waals surface area contributed by atoms with Crippen LogP contribution in [0.4, 0.5) is 0 Å². The first-order valence-electron chi connectivity index (χ1n) is 5.11. The van der Waals surface area contributed by atoms with Gasteiger partial charge in [0.05, 0.1) is 11.7 Å². The van der Waals surface area contributed by atoms with Gasteiger partial charge in [-0.15, -0.1) is 0 Å². The van der Waals surface area contributed by atoms with Gasteiger partial charge in [-0.2, -0.15) is 5.10 Å². The maximum absolute atomic E-state index is 4.22.